The number of benzene rings is 1. The first-order valence-corrected chi connectivity index (χ1v) is 6.67. The van der Waals surface area contributed by atoms with Gasteiger partial charge in [-0.05, 0) is 17.5 Å². The molecule has 0 amide bonds. The Balaban J connectivity index is 3.25. The van der Waals surface area contributed by atoms with Gasteiger partial charge in [0, 0.05) is 0 Å². The number of hydrogen-bond donors (Lipinski definition) is 0. The van der Waals surface area contributed by atoms with E-state index in [2.05, 4.69) is 0 Å². The minimum absolute atomic E-state index is 0.144. The van der Waals surface area contributed by atoms with Crippen molar-refractivity contribution in [1.82, 2.24) is 0 Å². The first kappa shape index (κ1) is 14.0. The Morgan fingerprint density at radius 1 is 1.18 bits per heavy atom. The summed E-state index contributed by atoms with van der Waals surface area (Å²) in [6.07, 6.45) is -4.72. The van der Waals surface area contributed by atoms with E-state index >= 15 is 0 Å². The van der Waals surface area contributed by atoms with Gasteiger partial charge in [-0.1, -0.05) is 32.0 Å². The van der Waals surface area contributed by atoms with Crippen LogP contribution in [0.5, 0.6) is 0 Å². The largest absolute Gasteiger partial charge is 0.403 e. The molecule has 0 aliphatic carbocycles. The normalized spacial score (nSPS) is 13.1. The Kier molecular flexibility index (Phi) is 3.86. The smallest absolute Gasteiger partial charge is 0.223 e. The Morgan fingerprint density at radius 3 is 2.18 bits per heavy atom. The average Bonchev–Trinajstić information content (AvgIpc) is 2.14. The zero-order valence-corrected chi connectivity index (χ0v) is 10.3. The van der Waals surface area contributed by atoms with Gasteiger partial charge in [0.2, 0.25) is 0 Å². The quantitative estimate of drug-likeness (QED) is 0.842. The first-order chi connectivity index (χ1) is 7.63. The Bertz CT molecular complexity index is 490. The van der Waals surface area contributed by atoms with Crippen LogP contribution < -0.4 is 0 Å². The number of rotatable bonds is 3. The topological polar surface area (TPSA) is 34.1 Å². The molecule has 0 spiro atoms. The number of halogens is 3. The van der Waals surface area contributed by atoms with Gasteiger partial charge in [0.1, 0.15) is 0 Å². The van der Waals surface area contributed by atoms with Gasteiger partial charge in [-0.15, -0.1) is 0 Å². The molecule has 0 aromatic heterocycles. The number of alkyl halides is 3. The zero-order valence-electron chi connectivity index (χ0n) is 9.45. The molecular weight excluding hydrogens is 253 g/mol. The average molecular weight is 266 g/mol. The Labute approximate surface area is 98.4 Å². The third kappa shape index (κ3) is 3.73. The fraction of sp³-hybridized carbons (Fsp3) is 0.455. The van der Waals surface area contributed by atoms with E-state index in [0.29, 0.717) is 5.56 Å². The molecule has 0 atom stereocenters. The number of sulfone groups is 1. The molecule has 6 heteroatoms. The highest BCUT2D eigenvalue weighted by molar-refractivity contribution is 7.91. The standard InChI is InChI=1S/C11H13F3O2S/c1-8(2)9-5-3-4-6-10(9)17(15,16)7-11(12,13)14/h3-6,8H,7H2,1-2H3. The van der Waals surface area contributed by atoms with Gasteiger partial charge in [-0.2, -0.15) is 13.2 Å². The van der Waals surface area contributed by atoms with Crippen molar-refractivity contribution in [3.8, 4) is 0 Å². The maximum atomic E-state index is 12.2. The molecule has 96 valence electrons. The Hall–Kier alpha value is -1.04. The van der Waals surface area contributed by atoms with E-state index in [1.807, 2.05) is 0 Å². The van der Waals surface area contributed by atoms with E-state index in [-0.39, 0.29) is 10.8 Å². The van der Waals surface area contributed by atoms with E-state index < -0.39 is 21.8 Å². The predicted octanol–water partition coefficient (Wildman–Crippen LogP) is 3.15. The summed E-state index contributed by atoms with van der Waals surface area (Å²) in [6.45, 7) is 3.48. The molecule has 17 heavy (non-hydrogen) atoms. The van der Waals surface area contributed by atoms with Crippen LogP contribution in [0, 0.1) is 0 Å². The summed E-state index contributed by atoms with van der Waals surface area (Å²) in [5.41, 5.74) is 0.414. The highest BCUT2D eigenvalue weighted by Gasteiger charge is 2.36. The molecule has 0 saturated carbocycles. The summed E-state index contributed by atoms with van der Waals surface area (Å²) in [4.78, 5) is -0.229. The van der Waals surface area contributed by atoms with E-state index in [9.17, 15) is 21.6 Å². The van der Waals surface area contributed by atoms with Gasteiger partial charge in [0.25, 0.3) is 0 Å². The molecule has 0 unspecified atom stereocenters. The predicted molar refractivity (Wildman–Crippen MR) is 58.6 cm³/mol. The van der Waals surface area contributed by atoms with Gasteiger partial charge in [-0.3, -0.25) is 0 Å². The second-order valence-electron chi connectivity index (χ2n) is 4.07. The van der Waals surface area contributed by atoms with Crippen LogP contribution in [-0.4, -0.2) is 20.3 Å². The molecule has 1 rings (SSSR count). The maximum absolute atomic E-state index is 12.2. The molecule has 0 heterocycles. The summed E-state index contributed by atoms with van der Waals surface area (Å²) in [5.74, 6) is -1.96. The monoisotopic (exact) mass is 266 g/mol. The highest BCUT2D eigenvalue weighted by atomic mass is 32.2. The van der Waals surface area contributed by atoms with Crippen LogP contribution in [0.25, 0.3) is 0 Å². The fourth-order valence-corrected chi connectivity index (χ4v) is 3.07. The molecule has 2 nitrogen and oxygen atoms in total. The first-order valence-electron chi connectivity index (χ1n) is 5.02. The van der Waals surface area contributed by atoms with Crippen molar-refractivity contribution in [3.05, 3.63) is 29.8 Å². The lowest BCUT2D eigenvalue weighted by Crippen LogP contribution is -2.23. The van der Waals surface area contributed by atoms with Crippen LogP contribution in [0.4, 0.5) is 13.2 Å². The summed E-state index contributed by atoms with van der Waals surface area (Å²) in [7, 11) is -4.32. The lowest BCUT2D eigenvalue weighted by molar-refractivity contribution is -0.106. The van der Waals surface area contributed by atoms with E-state index in [4.69, 9.17) is 0 Å². The summed E-state index contributed by atoms with van der Waals surface area (Å²) < 4.78 is 59.9. The van der Waals surface area contributed by atoms with Gasteiger partial charge < -0.3 is 0 Å². The van der Waals surface area contributed by atoms with Crippen molar-refractivity contribution in [2.45, 2.75) is 30.8 Å². The van der Waals surface area contributed by atoms with Crippen LogP contribution in [-0.2, 0) is 9.84 Å². The SMILES string of the molecule is CC(C)c1ccccc1S(=O)(=O)CC(F)(F)F. The van der Waals surface area contributed by atoms with Crippen molar-refractivity contribution in [3.63, 3.8) is 0 Å². The molecule has 0 fully saturated rings. The summed E-state index contributed by atoms with van der Waals surface area (Å²) >= 11 is 0. The fourth-order valence-electron chi connectivity index (χ4n) is 1.53. The zero-order chi connectivity index (χ0) is 13.3. The third-order valence-corrected chi connectivity index (χ3v) is 3.98. The third-order valence-electron chi connectivity index (χ3n) is 2.23. The molecular formula is C11H13F3O2S. The maximum Gasteiger partial charge on any atom is 0.403 e. The second kappa shape index (κ2) is 4.68. The highest BCUT2D eigenvalue weighted by Crippen LogP contribution is 2.28. The molecule has 0 aliphatic heterocycles. The second-order valence-corrected chi connectivity index (χ2v) is 6.02. The van der Waals surface area contributed by atoms with E-state index in [0.717, 1.165) is 0 Å². The van der Waals surface area contributed by atoms with Gasteiger partial charge in [-0.25, -0.2) is 8.42 Å². The molecule has 0 N–H and O–H groups in total. The van der Waals surface area contributed by atoms with E-state index in [1.165, 1.54) is 18.2 Å². The lowest BCUT2D eigenvalue weighted by Gasteiger charge is -2.14. The minimum atomic E-state index is -4.72. The minimum Gasteiger partial charge on any atom is -0.223 e. The van der Waals surface area contributed by atoms with Crippen LogP contribution in [0.1, 0.15) is 25.3 Å². The molecule has 0 radical (unpaired) electrons. The molecule has 1 aromatic rings. The van der Waals surface area contributed by atoms with Crippen LogP contribution in [0.3, 0.4) is 0 Å². The van der Waals surface area contributed by atoms with Crippen molar-refractivity contribution in [2.75, 3.05) is 5.75 Å². The van der Waals surface area contributed by atoms with Crippen LogP contribution in [0.2, 0.25) is 0 Å². The Morgan fingerprint density at radius 2 is 1.71 bits per heavy atom. The van der Waals surface area contributed by atoms with Crippen molar-refractivity contribution >= 4 is 9.84 Å². The van der Waals surface area contributed by atoms with Crippen molar-refractivity contribution < 1.29 is 21.6 Å². The summed E-state index contributed by atoms with van der Waals surface area (Å²) in [6, 6.07) is 5.79. The van der Waals surface area contributed by atoms with Crippen molar-refractivity contribution in [2.24, 2.45) is 0 Å². The van der Waals surface area contributed by atoms with Gasteiger partial charge in [0.15, 0.2) is 15.6 Å². The van der Waals surface area contributed by atoms with Crippen LogP contribution >= 0.6 is 0 Å². The van der Waals surface area contributed by atoms with Gasteiger partial charge >= 0.3 is 6.18 Å². The molecule has 0 saturated heterocycles. The molecule has 0 bridgehead atoms. The van der Waals surface area contributed by atoms with E-state index in [1.54, 1.807) is 19.9 Å². The molecule has 1 aromatic carbocycles. The summed E-state index contributed by atoms with van der Waals surface area (Å²) in [5, 5.41) is 0. The van der Waals surface area contributed by atoms with Crippen molar-refractivity contribution in [1.29, 1.82) is 0 Å². The lowest BCUT2D eigenvalue weighted by atomic mass is 10.0. The number of hydrogen-bond acceptors (Lipinski definition) is 2. The molecule has 0 aliphatic rings. The van der Waals surface area contributed by atoms with Crippen LogP contribution in [0.15, 0.2) is 29.2 Å². The van der Waals surface area contributed by atoms with Gasteiger partial charge in [0.05, 0.1) is 4.90 Å².